The van der Waals surface area contributed by atoms with Crippen LogP contribution in [-0.4, -0.2) is 29.8 Å². The first kappa shape index (κ1) is 11.1. The topological polar surface area (TPSA) is 44.2 Å². The summed E-state index contributed by atoms with van der Waals surface area (Å²) in [5.41, 5.74) is 0. The molecule has 0 bridgehead atoms. The molecular weight excluding hydrogens is 211 g/mol. The SMILES string of the molecule is COCC(C)Oc1nc(Cl)ncc1F. The monoisotopic (exact) mass is 220 g/mol. The van der Waals surface area contributed by atoms with Gasteiger partial charge in [0.25, 0.3) is 5.88 Å². The van der Waals surface area contributed by atoms with Crippen LogP contribution in [0.4, 0.5) is 4.39 Å². The van der Waals surface area contributed by atoms with E-state index in [-0.39, 0.29) is 17.3 Å². The van der Waals surface area contributed by atoms with Crippen LogP contribution in [0, 0.1) is 5.82 Å². The highest BCUT2D eigenvalue weighted by Gasteiger charge is 2.11. The molecule has 0 amide bonds. The van der Waals surface area contributed by atoms with Crippen LogP contribution < -0.4 is 4.74 Å². The summed E-state index contributed by atoms with van der Waals surface area (Å²) in [6.07, 6.45) is 0.671. The summed E-state index contributed by atoms with van der Waals surface area (Å²) in [6, 6.07) is 0. The van der Waals surface area contributed by atoms with Gasteiger partial charge in [-0.25, -0.2) is 4.98 Å². The Morgan fingerprint density at radius 3 is 3.00 bits per heavy atom. The summed E-state index contributed by atoms with van der Waals surface area (Å²) in [4.78, 5) is 7.06. The highest BCUT2D eigenvalue weighted by atomic mass is 35.5. The van der Waals surface area contributed by atoms with Crippen LogP contribution in [0.3, 0.4) is 0 Å². The Hall–Kier alpha value is -0.940. The molecule has 0 aliphatic heterocycles. The molecule has 4 nitrogen and oxygen atoms in total. The summed E-state index contributed by atoms with van der Waals surface area (Å²) in [5.74, 6) is -0.799. The highest BCUT2D eigenvalue weighted by Crippen LogP contribution is 2.15. The fourth-order valence-corrected chi connectivity index (χ4v) is 0.999. The van der Waals surface area contributed by atoms with Crippen molar-refractivity contribution in [1.82, 2.24) is 9.97 Å². The van der Waals surface area contributed by atoms with Crippen LogP contribution in [0.25, 0.3) is 0 Å². The molecule has 0 N–H and O–H groups in total. The molecule has 0 saturated heterocycles. The van der Waals surface area contributed by atoms with Gasteiger partial charge in [0, 0.05) is 7.11 Å². The normalized spacial score (nSPS) is 12.6. The molecular formula is C8H10ClFN2O2. The Morgan fingerprint density at radius 2 is 2.36 bits per heavy atom. The molecule has 14 heavy (non-hydrogen) atoms. The number of methoxy groups -OCH3 is 1. The molecule has 0 aromatic carbocycles. The van der Waals surface area contributed by atoms with Crippen molar-refractivity contribution >= 4 is 11.6 Å². The van der Waals surface area contributed by atoms with Gasteiger partial charge in [-0.2, -0.15) is 9.37 Å². The summed E-state index contributed by atoms with van der Waals surface area (Å²) in [7, 11) is 1.53. The molecule has 1 rings (SSSR count). The van der Waals surface area contributed by atoms with Crippen molar-refractivity contribution in [1.29, 1.82) is 0 Å². The van der Waals surface area contributed by atoms with Crippen LogP contribution in [0.5, 0.6) is 5.88 Å². The van der Waals surface area contributed by atoms with Crippen molar-refractivity contribution in [3.05, 3.63) is 17.3 Å². The largest absolute Gasteiger partial charge is 0.470 e. The minimum Gasteiger partial charge on any atom is -0.470 e. The van der Waals surface area contributed by atoms with Gasteiger partial charge in [-0.1, -0.05) is 0 Å². The zero-order valence-corrected chi connectivity index (χ0v) is 8.58. The van der Waals surface area contributed by atoms with E-state index in [1.165, 1.54) is 7.11 Å². The van der Waals surface area contributed by atoms with Crippen molar-refractivity contribution in [3.63, 3.8) is 0 Å². The van der Waals surface area contributed by atoms with Gasteiger partial charge in [0.2, 0.25) is 11.1 Å². The number of halogens is 2. The lowest BCUT2D eigenvalue weighted by atomic mass is 10.4. The molecule has 78 valence electrons. The van der Waals surface area contributed by atoms with Crippen molar-refractivity contribution < 1.29 is 13.9 Å². The molecule has 6 heteroatoms. The standard InChI is InChI=1S/C8H10ClFN2O2/c1-5(4-13-2)14-7-6(10)3-11-8(9)12-7/h3,5H,4H2,1-2H3. The first-order valence-electron chi connectivity index (χ1n) is 3.97. The zero-order chi connectivity index (χ0) is 10.6. The van der Waals surface area contributed by atoms with Crippen LogP contribution in [0.2, 0.25) is 5.28 Å². The minimum absolute atomic E-state index is 0.0500. The Labute approximate surface area is 86.0 Å². The lowest BCUT2D eigenvalue weighted by molar-refractivity contribution is 0.0857. The van der Waals surface area contributed by atoms with E-state index in [2.05, 4.69) is 9.97 Å². The Morgan fingerprint density at radius 1 is 1.64 bits per heavy atom. The molecule has 1 aromatic heterocycles. The number of hydrogen-bond donors (Lipinski definition) is 0. The van der Waals surface area contributed by atoms with Crippen molar-refractivity contribution in [2.24, 2.45) is 0 Å². The van der Waals surface area contributed by atoms with Crippen LogP contribution in [0.15, 0.2) is 6.20 Å². The average Bonchev–Trinajstić information content (AvgIpc) is 2.12. The molecule has 0 aliphatic rings. The summed E-state index contributed by atoms with van der Waals surface area (Å²) in [6.45, 7) is 2.08. The Kier molecular flexibility index (Phi) is 4.03. The van der Waals surface area contributed by atoms with E-state index in [9.17, 15) is 4.39 Å². The molecule has 0 fully saturated rings. The number of hydrogen-bond acceptors (Lipinski definition) is 4. The van der Waals surface area contributed by atoms with Gasteiger partial charge in [0.1, 0.15) is 6.10 Å². The van der Waals surface area contributed by atoms with Crippen LogP contribution in [0.1, 0.15) is 6.92 Å². The van der Waals surface area contributed by atoms with Crippen molar-refractivity contribution in [2.45, 2.75) is 13.0 Å². The third kappa shape index (κ3) is 3.08. The maximum absolute atomic E-state index is 13.0. The lowest BCUT2D eigenvalue weighted by Gasteiger charge is -2.12. The molecule has 1 aromatic rings. The summed E-state index contributed by atoms with van der Waals surface area (Å²) in [5, 5.41) is -0.0500. The van der Waals surface area contributed by atoms with E-state index in [0.717, 1.165) is 6.20 Å². The first-order valence-corrected chi connectivity index (χ1v) is 4.35. The Bertz CT molecular complexity index is 311. The quantitative estimate of drug-likeness (QED) is 0.725. The first-order chi connectivity index (χ1) is 6.63. The fraction of sp³-hybridized carbons (Fsp3) is 0.500. The molecule has 1 atom stereocenters. The molecule has 1 heterocycles. The van der Waals surface area contributed by atoms with E-state index in [1.807, 2.05) is 0 Å². The molecule has 0 aliphatic carbocycles. The predicted octanol–water partition coefficient (Wildman–Crippen LogP) is 1.68. The highest BCUT2D eigenvalue weighted by molar-refractivity contribution is 6.28. The van der Waals surface area contributed by atoms with E-state index in [1.54, 1.807) is 6.92 Å². The second kappa shape index (κ2) is 5.07. The lowest BCUT2D eigenvalue weighted by Crippen LogP contribution is -2.19. The third-order valence-electron chi connectivity index (χ3n) is 1.40. The number of aromatic nitrogens is 2. The number of ether oxygens (including phenoxy) is 2. The van der Waals surface area contributed by atoms with Crippen LogP contribution >= 0.6 is 11.6 Å². The van der Waals surface area contributed by atoms with E-state index >= 15 is 0 Å². The fourth-order valence-electron chi connectivity index (χ4n) is 0.873. The van der Waals surface area contributed by atoms with Gasteiger partial charge in [-0.3, -0.25) is 0 Å². The smallest absolute Gasteiger partial charge is 0.255 e. The van der Waals surface area contributed by atoms with E-state index < -0.39 is 5.82 Å². The average molecular weight is 221 g/mol. The van der Waals surface area contributed by atoms with Crippen molar-refractivity contribution in [3.8, 4) is 5.88 Å². The van der Waals surface area contributed by atoms with Gasteiger partial charge >= 0.3 is 0 Å². The molecule has 1 unspecified atom stereocenters. The van der Waals surface area contributed by atoms with Gasteiger partial charge < -0.3 is 9.47 Å². The second-order valence-corrected chi connectivity index (χ2v) is 3.01. The molecule has 0 radical (unpaired) electrons. The van der Waals surface area contributed by atoms with Gasteiger partial charge in [-0.05, 0) is 18.5 Å². The third-order valence-corrected chi connectivity index (χ3v) is 1.58. The number of rotatable bonds is 4. The van der Waals surface area contributed by atoms with Gasteiger partial charge in [-0.15, -0.1) is 0 Å². The van der Waals surface area contributed by atoms with Gasteiger partial charge in [0.15, 0.2) is 0 Å². The maximum atomic E-state index is 13.0. The predicted molar refractivity (Wildman–Crippen MR) is 49.0 cm³/mol. The maximum Gasteiger partial charge on any atom is 0.255 e. The summed E-state index contributed by atoms with van der Waals surface area (Å²) < 4.78 is 23.0. The van der Waals surface area contributed by atoms with E-state index in [4.69, 9.17) is 21.1 Å². The summed E-state index contributed by atoms with van der Waals surface area (Å²) >= 11 is 5.48. The molecule has 0 saturated carbocycles. The van der Waals surface area contributed by atoms with Crippen LogP contribution in [-0.2, 0) is 4.74 Å². The van der Waals surface area contributed by atoms with Gasteiger partial charge in [0.05, 0.1) is 12.8 Å². The van der Waals surface area contributed by atoms with Crippen molar-refractivity contribution in [2.75, 3.05) is 13.7 Å². The zero-order valence-electron chi connectivity index (χ0n) is 7.83. The number of nitrogens with zero attached hydrogens (tertiary/aromatic N) is 2. The Balaban J connectivity index is 2.70. The minimum atomic E-state index is -0.641. The second-order valence-electron chi connectivity index (χ2n) is 2.68. The molecule has 0 spiro atoms. The van der Waals surface area contributed by atoms with E-state index in [0.29, 0.717) is 6.61 Å².